The molecule has 0 aromatic rings. The van der Waals surface area contributed by atoms with Crippen LogP contribution in [0.15, 0.2) is 35.5 Å². The van der Waals surface area contributed by atoms with Crippen LogP contribution >= 0.6 is 7.81 Å². The van der Waals surface area contributed by atoms with E-state index in [1.807, 2.05) is 0 Å². The summed E-state index contributed by atoms with van der Waals surface area (Å²) >= 11 is 0. The third-order valence-corrected chi connectivity index (χ3v) is 3.08. The Kier molecular flexibility index (Phi) is 11.6. The van der Waals surface area contributed by atoms with Crippen LogP contribution < -0.4 is 23.9 Å². The van der Waals surface area contributed by atoms with Crippen molar-refractivity contribution in [1.29, 1.82) is 0 Å². The molecule has 6 radical (unpaired) electrons. The Hall–Kier alpha value is 0.0634. The molecule has 0 aliphatic heterocycles. The Labute approximate surface area is 175 Å². The summed E-state index contributed by atoms with van der Waals surface area (Å²) in [5.41, 5.74) is 12.8. The predicted molar refractivity (Wildman–Crippen MR) is 89.9 cm³/mol. The average molecular weight is 522 g/mol. The number of nitrogens with two attached hydrogens (primary N) is 2. The molecule has 2 nitrogen and oxygen atoms in total. The summed E-state index contributed by atoms with van der Waals surface area (Å²) in [6.45, 7) is 1.19. The molecular formula is C16H20ClF6N2PRu. The molecule has 0 aromatic heterocycles. The van der Waals surface area contributed by atoms with Crippen LogP contribution in [-0.2, 0) is 19.5 Å². The zero-order chi connectivity index (χ0) is 19.2. The first-order valence-corrected chi connectivity index (χ1v) is 9.45. The molecule has 3 rings (SSSR count). The molecule has 0 spiro atoms. The summed E-state index contributed by atoms with van der Waals surface area (Å²) in [5, 5.41) is 0. The fourth-order valence-corrected chi connectivity index (χ4v) is 2.14. The van der Waals surface area contributed by atoms with Crippen LogP contribution in [0.4, 0.5) is 25.2 Å². The van der Waals surface area contributed by atoms with E-state index in [1.54, 1.807) is 0 Å². The zero-order valence-corrected chi connectivity index (χ0v) is 17.4. The van der Waals surface area contributed by atoms with Crippen molar-refractivity contribution < 1.29 is 57.1 Å². The topological polar surface area (TPSA) is 52.0 Å². The number of rotatable bonds is 1. The maximum atomic E-state index is 9.87. The molecule has 1 saturated carbocycles. The second kappa shape index (κ2) is 10.7. The summed E-state index contributed by atoms with van der Waals surface area (Å²) in [6, 6.07) is 0. The fraction of sp³-hybridized carbons (Fsp3) is 0.250. The first kappa shape index (κ1) is 29.3. The van der Waals surface area contributed by atoms with Crippen LogP contribution in [0, 0.1) is 37.5 Å². The molecule has 11 heteroatoms. The van der Waals surface area contributed by atoms with E-state index >= 15 is 0 Å². The standard InChI is InChI=1S/C14H12.C2H8N2.ClH.F6P.Ru/c1-2-6-12-10-14-8-4-3-7-13(14)9-11(12)5-1;3-1-2-4;;1-7(2,3,4,5)6;/h1-6,9-10H,7-8H2;1-4H2;1H;;/q;;;-1;+2/p-1. The second-order valence-electron chi connectivity index (χ2n) is 5.38. The Morgan fingerprint density at radius 2 is 1.04 bits per heavy atom. The fourth-order valence-electron chi connectivity index (χ4n) is 2.14. The van der Waals surface area contributed by atoms with E-state index < -0.39 is 7.81 Å². The van der Waals surface area contributed by atoms with Crippen molar-refractivity contribution in [3.63, 3.8) is 0 Å². The van der Waals surface area contributed by atoms with Gasteiger partial charge in [0.15, 0.2) is 0 Å². The molecule has 0 bridgehead atoms. The largest absolute Gasteiger partial charge is 2.00 e. The van der Waals surface area contributed by atoms with Crippen molar-refractivity contribution in [3.8, 4) is 0 Å². The van der Waals surface area contributed by atoms with Gasteiger partial charge in [-0.25, -0.2) is 0 Å². The van der Waals surface area contributed by atoms with E-state index in [4.69, 9.17) is 11.5 Å². The van der Waals surface area contributed by atoms with Crippen molar-refractivity contribution in [1.82, 2.24) is 0 Å². The van der Waals surface area contributed by atoms with Crippen molar-refractivity contribution in [2.75, 3.05) is 13.1 Å². The van der Waals surface area contributed by atoms with Crippen LogP contribution in [0.3, 0.4) is 0 Å². The Morgan fingerprint density at radius 3 is 1.30 bits per heavy atom. The van der Waals surface area contributed by atoms with Gasteiger partial charge in [0.25, 0.3) is 0 Å². The maximum absolute atomic E-state index is 10.7. The number of hydrogen-bond acceptors (Lipinski definition) is 2. The van der Waals surface area contributed by atoms with E-state index in [1.165, 1.54) is 23.0 Å². The summed E-state index contributed by atoms with van der Waals surface area (Å²) in [7, 11) is -10.7. The van der Waals surface area contributed by atoms with E-state index in [0.717, 1.165) is 12.8 Å². The van der Waals surface area contributed by atoms with Gasteiger partial charge in [0.05, 0.1) is 0 Å². The smallest absolute Gasteiger partial charge is 1.00 e. The zero-order valence-electron chi connectivity index (χ0n) is 14.0. The molecule has 27 heavy (non-hydrogen) atoms. The van der Waals surface area contributed by atoms with Gasteiger partial charge < -0.3 is 23.9 Å². The molecule has 0 heterocycles. The molecule has 0 unspecified atom stereocenters. The third-order valence-electron chi connectivity index (χ3n) is 3.08. The third kappa shape index (κ3) is 15.6. The van der Waals surface area contributed by atoms with E-state index in [-0.39, 0.29) is 31.9 Å². The number of hydrogen-bond donors (Lipinski definition) is 2. The van der Waals surface area contributed by atoms with Crippen LogP contribution in [0.2, 0.25) is 0 Å². The summed E-state index contributed by atoms with van der Waals surface area (Å²) < 4.78 is 59.2. The van der Waals surface area contributed by atoms with Gasteiger partial charge >= 0.3 is 52.5 Å². The molecular weight excluding hydrogens is 502 g/mol. The Morgan fingerprint density at radius 1 is 0.741 bits per heavy atom. The number of fused-ring (bicyclic) bond motifs is 2. The summed E-state index contributed by atoms with van der Waals surface area (Å²) in [5.74, 6) is 2.73. The second-order valence-corrected chi connectivity index (χ2v) is 7.30. The van der Waals surface area contributed by atoms with Crippen molar-refractivity contribution >= 4 is 7.81 Å². The van der Waals surface area contributed by atoms with E-state index in [0.29, 0.717) is 13.1 Å². The molecule has 0 aromatic carbocycles. The quantitative estimate of drug-likeness (QED) is 0.241. The first-order chi connectivity index (χ1) is 11.3. The van der Waals surface area contributed by atoms with E-state index in [9.17, 15) is 25.2 Å². The van der Waals surface area contributed by atoms with E-state index in [2.05, 4.69) is 50.0 Å². The number of allylic oxidation sites excluding steroid dienone is 6. The minimum Gasteiger partial charge on any atom is -1.00 e. The van der Waals surface area contributed by atoms with Crippen LogP contribution in [0.1, 0.15) is 12.8 Å². The van der Waals surface area contributed by atoms with Gasteiger partial charge in [0.2, 0.25) is 0 Å². The first-order valence-electron chi connectivity index (χ1n) is 7.42. The molecule has 1 fully saturated rings. The maximum Gasteiger partial charge on any atom is 2.00 e. The molecule has 0 atom stereocenters. The summed E-state index contributed by atoms with van der Waals surface area (Å²) in [4.78, 5) is 0. The van der Waals surface area contributed by atoms with Crippen molar-refractivity contribution in [2.24, 2.45) is 11.5 Å². The van der Waals surface area contributed by atoms with Gasteiger partial charge in [0.1, 0.15) is 0 Å². The van der Waals surface area contributed by atoms with Crippen LogP contribution in [0.5, 0.6) is 0 Å². The van der Waals surface area contributed by atoms with Gasteiger partial charge in [0, 0.05) is 24.9 Å². The van der Waals surface area contributed by atoms with Gasteiger partial charge in [-0.05, 0) is 49.7 Å². The predicted octanol–water partition coefficient (Wildman–Crippen LogP) is 2.47. The van der Waals surface area contributed by atoms with Crippen molar-refractivity contribution in [2.45, 2.75) is 12.8 Å². The van der Waals surface area contributed by atoms with Crippen LogP contribution in [-0.4, -0.2) is 13.1 Å². The molecule has 3 aliphatic rings. The molecule has 156 valence electrons. The molecule has 4 N–H and O–H groups in total. The molecule has 0 saturated heterocycles. The minimum absolute atomic E-state index is 0. The normalized spacial score (nSPS) is 21.5. The SMILES string of the molecule is F[P-](F)(F)(F)(F)F.NCCN.[CH]1[CH][CH][C]2C=C3CC=CCC3=C[C]2[CH]1.[Cl-].[Ru+2]. The Balaban J connectivity index is 0. The van der Waals surface area contributed by atoms with Gasteiger partial charge in [-0.1, -0.05) is 24.3 Å². The van der Waals surface area contributed by atoms with Crippen molar-refractivity contribution in [3.05, 3.63) is 73.0 Å². The summed E-state index contributed by atoms with van der Waals surface area (Å²) in [6.07, 6.45) is 20.0. The van der Waals surface area contributed by atoms with Gasteiger partial charge in [-0.3, -0.25) is 0 Å². The molecule has 0 amide bonds. The monoisotopic (exact) mass is 522 g/mol. The average Bonchev–Trinajstić information content (AvgIpc) is 2.50. The Bertz CT molecular complexity index is 503. The van der Waals surface area contributed by atoms with Crippen LogP contribution in [0.25, 0.3) is 0 Å². The number of halogens is 7. The molecule has 3 aliphatic carbocycles. The minimum atomic E-state index is -10.7. The van der Waals surface area contributed by atoms with Gasteiger partial charge in [-0.2, -0.15) is 0 Å². The van der Waals surface area contributed by atoms with Gasteiger partial charge in [-0.15, -0.1) is 0 Å².